The molecule has 90 valence electrons. The molecule has 0 aliphatic rings. The third-order valence-corrected chi connectivity index (χ3v) is 3.36. The van der Waals surface area contributed by atoms with Crippen molar-refractivity contribution in [2.45, 2.75) is 25.9 Å². The highest BCUT2D eigenvalue weighted by Crippen LogP contribution is 2.28. The highest BCUT2D eigenvalue weighted by molar-refractivity contribution is 5.84. The molecule has 1 atom stereocenters. The van der Waals surface area contributed by atoms with Gasteiger partial charge in [-0.25, -0.2) is 0 Å². The van der Waals surface area contributed by atoms with Gasteiger partial charge in [0, 0.05) is 0 Å². The van der Waals surface area contributed by atoms with Gasteiger partial charge in [0.1, 0.15) is 5.75 Å². The number of benzene rings is 2. The van der Waals surface area contributed by atoms with Crippen LogP contribution in [0.15, 0.2) is 36.4 Å². The van der Waals surface area contributed by atoms with E-state index in [1.807, 2.05) is 50.2 Å². The molecule has 0 saturated carbocycles. The predicted molar refractivity (Wildman–Crippen MR) is 70.4 cm³/mol. The lowest BCUT2D eigenvalue weighted by Gasteiger charge is -2.22. The first-order chi connectivity index (χ1) is 8.06. The molecule has 2 aromatic carbocycles. The van der Waals surface area contributed by atoms with Crippen molar-refractivity contribution in [2.24, 2.45) is 0 Å². The van der Waals surface area contributed by atoms with Gasteiger partial charge in [-0.3, -0.25) is 0 Å². The molecular weight excluding hydrogens is 212 g/mol. The normalized spacial score (nSPS) is 14.6. The summed E-state index contributed by atoms with van der Waals surface area (Å²) in [5.74, 6) is 0.854. The average molecular weight is 230 g/mol. The van der Waals surface area contributed by atoms with Crippen LogP contribution in [0.2, 0.25) is 0 Å². The maximum absolute atomic E-state index is 10.2. The van der Waals surface area contributed by atoms with Gasteiger partial charge in [-0.05, 0) is 47.9 Å². The van der Waals surface area contributed by atoms with Crippen LogP contribution in [-0.2, 0) is 5.60 Å². The predicted octanol–water partition coefficient (Wildman–Crippen LogP) is 3.47. The van der Waals surface area contributed by atoms with Gasteiger partial charge in [-0.2, -0.15) is 0 Å². The fraction of sp³-hybridized carbons (Fsp3) is 0.333. The topological polar surface area (TPSA) is 29.5 Å². The molecule has 0 fully saturated rings. The number of hydrogen-bond donors (Lipinski definition) is 1. The standard InChI is InChI=1S/C15H18O2/c1-4-15(2,16)13-7-5-12-10-14(17-3)8-6-11(12)9-13/h5-10,16H,4H2,1-3H3. The van der Waals surface area contributed by atoms with Gasteiger partial charge in [0.2, 0.25) is 0 Å². The van der Waals surface area contributed by atoms with E-state index in [1.54, 1.807) is 7.11 Å². The number of rotatable bonds is 3. The lowest BCUT2D eigenvalue weighted by atomic mass is 9.91. The van der Waals surface area contributed by atoms with E-state index in [4.69, 9.17) is 4.74 Å². The van der Waals surface area contributed by atoms with E-state index in [9.17, 15) is 5.11 Å². The van der Waals surface area contributed by atoms with Crippen LogP contribution in [0, 0.1) is 0 Å². The van der Waals surface area contributed by atoms with E-state index in [0.717, 1.165) is 22.1 Å². The summed E-state index contributed by atoms with van der Waals surface area (Å²) in [6.07, 6.45) is 0.703. The van der Waals surface area contributed by atoms with Crippen molar-refractivity contribution in [1.29, 1.82) is 0 Å². The highest BCUT2D eigenvalue weighted by Gasteiger charge is 2.20. The molecule has 0 amide bonds. The fourth-order valence-corrected chi connectivity index (χ4v) is 1.89. The first kappa shape index (κ1) is 11.9. The van der Waals surface area contributed by atoms with Crippen LogP contribution < -0.4 is 4.74 Å². The third-order valence-electron chi connectivity index (χ3n) is 3.36. The van der Waals surface area contributed by atoms with E-state index in [-0.39, 0.29) is 0 Å². The maximum atomic E-state index is 10.2. The summed E-state index contributed by atoms with van der Waals surface area (Å²) in [4.78, 5) is 0. The minimum Gasteiger partial charge on any atom is -0.497 e. The second-order valence-corrected chi connectivity index (χ2v) is 4.56. The molecular formula is C15H18O2. The molecule has 2 rings (SSSR count). The van der Waals surface area contributed by atoms with Crippen molar-refractivity contribution >= 4 is 10.8 Å². The smallest absolute Gasteiger partial charge is 0.119 e. The molecule has 0 heterocycles. The molecule has 0 saturated heterocycles. The Morgan fingerprint density at radius 2 is 1.76 bits per heavy atom. The van der Waals surface area contributed by atoms with E-state index in [1.165, 1.54) is 0 Å². The van der Waals surface area contributed by atoms with Crippen LogP contribution in [0.25, 0.3) is 10.8 Å². The zero-order chi connectivity index (χ0) is 12.5. The van der Waals surface area contributed by atoms with Gasteiger partial charge in [0.15, 0.2) is 0 Å². The highest BCUT2D eigenvalue weighted by atomic mass is 16.5. The van der Waals surface area contributed by atoms with Crippen LogP contribution in [0.4, 0.5) is 0 Å². The summed E-state index contributed by atoms with van der Waals surface area (Å²) in [6, 6.07) is 12.0. The van der Waals surface area contributed by atoms with Crippen molar-refractivity contribution < 1.29 is 9.84 Å². The van der Waals surface area contributed by atoms with E-state index in [2.05, 4.69) is 0 Å². The van der Waals surface area contributed by atoms with Crippen molar-refractivity contribution in [1.82, 2.24) is 0 Å². The lowest BCUT2D eigenvalue weighted by Crippen LogP contribution is -2.19. The van der Waals surface area contributed by atoms with Crippen molar-refractivity contribution in [3.05, 3.63) is 42.0 Å². The minimum absolute atomic E-state index is 0.703. The Labute approximate surface area is 102 Å². The molecule has 2 heteroatoms. The summed E-state index contributed by atoms with van der Waals surface area (Å²) in [5.41, 5.74) is 0.200. The SMILES string of the molecule is CCC(C)(O)c1ccc2cc(OC)ccc2c1. The Hall–Kier alpha value is -1.54. The number of hydrogen-bond acceptors (Lipinski definition) is 2. The zero-order valence-electron chi connectivity index (χ0n) is 10.5. The number of ether oxygens (including phenoxy) is 1. The Morgan fingerprint density at radius 3 is 2.41 bits per heavy atom. The number of fused-ring (bicyclic) bond motifs is 1. The summed E-state index contributed by atoms with van der Waals surface area (Å²) in [5, 5.41) is 12.5. The lowest BCUT2D eigenvalue weighted by molar-refractivity contribution is 0.0532. The largest absolute Gasteiger partial charge is 0.497 e. The molecule has 0 radical (unpaired) electrons. The summed E-state index contributed by atoms with van der Waals surface area (Å²) in [6.45, 7) is 3.83. The fourth-order valence-electron chi connectivity index (χ4n) is 1.89. The quantitative estimate of drug-likeness (QED) is 0.875. The van der Waals surface area contributed by atoms with Gasteiger partial charge in [0.05, 0.1) is 12.7 Å². The van der Waals surface area contributed by atoms with Crippen LogP contribution in [0.1, 0.15) is 25.8 Å². The maximum Gasteiger partial charge on any atom is 0.119 e. The number of aliphatic hydroxyl groups is 1. The first-order valence-electron chi connectivity index (χ1n) is 5.87. The van der Waals surface area contributed by atoms with Crippen molar-refractivity contribution in [2.75, 3.05) is 7.11 Å². The van der Waals surface area contributed by atoms with E-state index < -0.39 is 5.60 Å². The molecule has 0 aromatic heterocycles. The van der Waals surface area contributed by atoms with Crippen LogP contribution in [-0.4, -0.2) is 12.2 Å². The molecule has 1 unspecified atom stereocenters. The van der Waals surface area contributed by atoms with Gasteiger partial charge in [-0.1, -0.05) is 25.1 Å². The molecule has 0 spiro atoms. The minimum atomic E-state index is -0.756. The van der Waals surface area contributed by atoms with E-state index >= 15 is 0 Å². The second kappa shape index (κ2) is 4.38. The average Bonchev–Trinajstić information content (AvgIpc) is 2.37. The Morgan fingerprint density at radius 1 is 1.12 bits per heavy atom. The van der Waals surface area contributed by atoms with Crippen LogP contribution in [0.3, 0.4) is 0 Å². The monoisotopic (exact) mass is 230 g/mol. The van der Waals surface area contributed by atoms with Gasteiger partial charge >= 0.3 is 0 Å². The van der Waals surface area contributed by atoms with Crippen molar-refractivity contribution in [3.63, 3.8) is 0 Å². The summed E-state index contributed by atoms with van der Waals surface area (Å²) < 4.78 is 5.19. The van der Waals surface area contributed by atoms with Gasteiger partial charge in [-0.15, -0.1) is 0 Å². The summed E-state index contributed by atoms with van der Waals surface area (Å²) >= 11 is 0. The molecule has 2 nitrogen and oxygen atoms in total. The Balaban J connectivity index is 2.52. The molecule has 2 aromatic rings. The van der Waals surface area contributed by atoms with E-state index in [0.29, 0.717) is 6.42 Å². The third kappa shape index (κ3) is 2.27. The number of methoxy groups -OCH3 is 1. The first-order valence-corrected chi connectivity index (χ1v) is 5.87. The molecule has 0 bridgehead atoms. The van der Waals surface area contributed by atoms with Crippen molar-refractivity contribution in [3.8, 4) is 5.75 Å². The second-order valence-electron chi connectivity index (χ2n) is 4.56. The van der Waals surface area contributed by atoms with Crippen LogP contribution >= 0.6 is 0 Å². The molecule has 17 heavy (non-hydrogen) atoms. The zero-order valence-corrected chi connectivity index (χ0v) is 10.5. The van der Waals surface area contributed by atoms with Crippen LogP contribution in [0.5, 0.6) is 5.75 Å². The Bertz CT molecular complexity index is 529. The molecule has 1 N–H and O–H groups in total. The molecule has 0 aliphatic heterocycles. The van der Waals surface area contributed by atoms with Gasteiger partial charge in [0.25, 0.3) is 0 Å². The summed E-state index contributed by atoms with van der Waals surface area (Å²) in [7, 11) is 1.66. The van der Waals surface area contributed by atoms with Gasteiger partial charge < -0.3 is 9.84 Å². The molecule has 0 aliphatic carbocycles. The Kier molecular flexibility index (Phi) is 3.07.